The standard InChI is InChI=1S/C12H28N2/c1-10(2)6-7-11(14-13)8-9-12(3,4)5/h10-11,14H,6-9,13H2,1-5H3. The molecule has 1 unspecified atom stereocenters. The van der Waals surface area contributed by atoms with Gasteiger partial charge in [0.15, 0.2) is 0 Å². The van der Waals surface area contributed by atoms with Crippen LogP contribution < -0.4 is 11.3 Å². The van der Waals surface area contributed by atoms with E-state index in [-0.39, 0.29) is 0 Å². The fourth-order valence-corrected chi connectivity index (χ4v) is 1.45. The van der Waals surface area contributed by atoms with Gasteiger partial charge in [-0.2, -0.15) is 0 Å². The maximum absolute atomic E-state index is 5.54. The summed E-state index contributed by atoms with van der Waals surface area (Å²) in [6.07, 6.45) is 4.88. The Morgan fingerprint density at radius 2 is 1.64 bits per heavy atom. The van der Waals surface area contributed by atoms with Crippen molar-refractivity contribution in [1.82, 2.24) is 5.43 Å². The van der Waals surface area contributed by atoms with Crippen LogP contribution in [0, 0.1) is 11.3 Å². The largest absolute Gasteiger partial charge is 0.271 e. The Morgan fingerprint density at radius 3 is 2.00 bits per heavy atom. The lowest BCUT2D eigenvalue weighted by Crippen LogP contribution is -2.36. The molecule has 3 N–H and O–H groups in total. The molecule has 86 valence electrons. The normalized spacial score (nSPS) is 14.8. The van der Waals surface area contributed by atoms with Gasteiger partial charge in [0.1, 0.15) is 0 Å². The van der Waals surface area contributed by atoms with Crippen LogP contribution >= 0.6 is 0 Å². The van der Waals surface area contributed by atoms with Crippen LogP contribution in [0.1, 0.15) is 60.3 Å². The molecule has 0 saturated heterocycles. The molecule has 0 saturated carbocycles. The Hall–Kier alpha value is -0.0800. The van der Waals surface area contributed by atoms with E-state index in [4.69, 9.17) is 5.84 Å². The van der Waals surface area contributed by atoms with Crippen molar-refractivity contribution in [1.29, 1.82) is 0 Å². The van der Waals surface area contributed by atoms with Crippen LogP contribution in [0.25, 0.3) is 0 Å². The molecule has 1 atom stereocenters. The third-order valence-electron chi connectivity index (χ3n) is 2.57. The SMILES string of the molecule is CC(C)CCC(CCC(C)(C)C)NN. The number of hydrazine groups is 1. The maximum atomic E-state index is 5.54. The highest BCUT2D eigenvalue weighted by atomic mass is 15.2. The van der Waals surface area contributed by atoms with Gasteiger partial charge in [0.05, 0.1) is 0 Å². The molecule has 0 amide bonds. The smallest absolute Gasteiger partial charge is 0.0210 e. The number of hydrogen-bond donors (Lipinski definition) is 2. The van der Waals surface area contributed by atoms with Crippen molar-refractivity contribution >= 4 is 0 Å². The number of rotatable bonds is 6. The zero-order valence-corrected chi connectivity index (χ0v) is 10.6. The molecule has 0 aliphatic carbocycles. The molecule has 0 heterocycles. The highest BCUT2D eigenvalue weighted by Gasteiger charge is 2.14. The molecule has 0 fully saturated rings. The average molecular weight is 200 g/mol. The first-order chi connectivity index (χ1) is 6.35. The molecule has 14 heavy (non-hydrogen) atoms. The molecule has 0 rings (SSSR count). The molecular weight excluding hydrogens is 172 g/mol. The molecule has 0 aromatic heterocycles. The Bertz CT molecular complexity index is 136. The van der Waals surface area contributed by atoms with Gasteiger partial charge in [0.2, 0.25) is 0 Å². The maximum Gasteiger partial charge on any atom is 0.0210 e. The van der Waals surface area contributed by atoms with Crippen LogP contribution in [0.15, 0.2) is 0 Å². The fraction of sp³-hybridized carbons (Fsp3) is 1.00. The second kappa shape index (κ2) is 6.41. The molecule has 0 aliphatic rings. The highest BCUT2D eigenvalue weighted by molar-refractivity contribution is 4.70. The van der Waals surface area contributed by atoms with Crippen molar-refractivity contribution in [3.63, 3.8) is 0 Å². The van der Waals surface area contributed by atoms with Gasteiger partial charge in [-0.3, -0.25) is 11.3 Å². The molecule has 0 aromatic rings. The molecule has 0 spiro atoms. The van der Waals surface area contributed by atoms with Gasteiger partial charge in [-0.25, -0.2) is 0 Å². The molecule has 0 aromatic carbocycles. The van der Waals surface area contributed by atoms with Gasteiger partial charge >= 0.3 is 0 Å². The summed E-state index contributed by atoms with van der Waals surface area (Å²) in [4.78, 5) is 0. The second-order valence-electron chi connectivity index (χ2n) is 5.93. The number of nitrogens with two attached hydrogens (primary N) is 1. The van der Waals surface area contributed by atoms with E-state index in [9.17, 15) is 0 Å². The zero-order valence-electron chi connectivity index (χ0n) is 10.6. The van der Waals surface area contributed by atoms with Crippen molar-refractivity contribution in [3.05, 3.63) is 0 Å². The predicted molar refractivity (Wildman–Crippen MR) is 63.9 cm³/mol. The van der Waals surface area contributed by atoms with Crippen molar-refractivity contribution in [2.45, 2.75) is 66.3 Å². The minimum absolute atomic E-state index is 0.424. The first kappa shape index (κ1) is 13.9. The molecular formula is C12H28N2. The minimum atomic E-state index is 0.424. The van der Waals surface area contributed by atoms with E-state index in [0.717, 1.165) is 5.92 Å². The van der Waals surface area contributed by atoms with E-state index < -0.39 is 0 Å². The summed E-state index contributed by atoms with van der Waals surface area (Å²) in [5.41, 5.74) is 3.35. The first-order valence-corrected chi connectivity index (χ1v) is 5.81. The quantitative estimate of drug-likeness (QED) is 0.511. The average Bonchev–Trinajstić information content (AvgIpc) is 2.02. The summed E-state index contributed by atoms with van der Waals surface area (Å²) in [6.45, 7) is 11.4. The molecule has 0 aliphatic heterocycles. The van der Waals surface area contributed by atoms with Crippen molar-refractivity contribution < 1.29 is 0 Å². The minimum Gasteiger partial charge on any atom is -0.271 e. The Labute approximate surface area is 89.6 Å². The van der Waals surface area contributed by atoms with E-state index in [1.807, 2.05) is 0 Å². The van der Waals surface area contributed by atoms with Gasteiger partial charge in [-0.15, -0.1) is 0 Å². The van der Waals surface area contributed by atoms with E-state index in [1.54, 1.807) is 0 Å². The zero-order chi connectivity index (χ0) is 11.2. The van der Waals surface area contributed by atoms with Gasteiger partial charge < -0.3 is 0 Å². The van der Waals surface area contributed by atoms with Gasteiger partial charge in [-0.05, 0) is 37.0 Å². The fourth-order valence-electron chi connectivity index (χ4n) is 1.45. The third kappa shape index (κ3) is 8.52. The Kier molecular flexibility index (Phi) is 6.38. The Balaban J connectivity index is 3.69. The van der Waals surface area contributed by atoms with E-state index >= 15 is 0 Å². The van der Waals surface area contributed by atoms with E-state index in [2.05, 4.69) is 40.0 Å². The lowest BCUT2D eigenvalue weighted by Gasteiger charge is -2.23. The summed E-state index contributed by atoms with van der Waals surface area (Å²) in [5, 5.41) is 0. The van der Waals surface area contributed by atoms with Crippen molar-refractivity contribution in [2.24, 2.45) is 17.2 Å². The number of nitrogens with one attached hydrogen (secondary N) is 1. The second-order valence-corrected chi connectivity index (χ2v) is 5.93. The molecule has 0 bridgehead atoms. The van der Waals surface area contributed by atoms with Crippen molar-refractivity contribution in [2.75, 3.05) is 0 Å². The number of hydrogen-bond acceptors (Lipinski definition) is 2. The summed E-state index contributed by atoms with van der Waals surface area (Å²) in [5.74, 6) is 6.32. The molecule has 2 heteroatoms. The van der Waals surface area contributed by atoms with Crippen LogP contribution in [0.3, 0.4) is 0 Å². The monoisotopic (exact) mass is 200 g/mol. The van der Waals surface area contributed by atoms with Crippen LogP contribution in [0.4, 0.5) is 0 Å². The summed E-state index contributed by atoms with van der Waals surface area (Å²) in [7, 11) is 0. The highest BCUT2D eigenvalue weighted by Crippen LogP contribution is 2.23. The van der Waals surface area contributed by atoms with Crippen LogP contribution in [0.5, 0.6) is 0 Å². The lowest BCUT2D eigenvalue weighted by molar-refractivity contribution is 0.316. The van der Waals surface area contributed by atoms with Crippen molar-refractivity contribution in [3.8, 4) is 0 Å². The lowest BCUT2D eigenvalue weighted by atomic mass is 9.87. The van der Waals surface area contributed by atoms with Gasteiger partial charge in [-0.1, -0.05) is 34.6 Å². The van der Waals surface area contributed by atoms with E-state index in [0.29, 0.717) is 11.5 Å². The first-order valence-electron chi connectivity index (χ1n) is 5.81. The third-order valence-corrected chi connectivity index (χ3v) is 2.57. The van der Waals surface area contributed by atoms with Gasteiger partial charge in [0, 0.05) is 6.04 Å². The topological polar surface area (TPSA) is 38.0 Å². The van der Waals surface area contributed by atoms with Crippen LogP contribution in [-0.2, 0) is 0 Å². The Morgan fingerprint density at radius 1 is 1.07 bits per heavy atom. The summed E-state index contributed by atoms with van der Waals surface area (Å²) in [6, 6.07) is 0.497. The predicted octanol–water partition coefficient (Wildman–Crippen LogP) is 3.08. The van der Waals surface area contributed by atoms with Gasteiger partial charge in [0.25, 0.3) is 0 Å². The van der Waals surface area contributed by atoms with Crippen LogP contribution in [-0.4, -0.2) is 6.04 Å². The summed E-state index contributed by atoms with van der Waals surface area (Å²) >= 11 is 0. The summed E-state index contributed by atoms with van der Waals surface area (Å²) < 4.78 is 0. The van der Waals surface area contributed by atoms with Crippen LogP contribution in [0.2, 0.25) is 0 Å². The van der Waals surface area contributed by atoms with E-state index in [1.165, 1.54) is 25.7 Å². The molecule has 2 nitrogen and oxygen atoms in total. The molecule has 0 radical (unpaired) electrons.